The molecule has 0 bridgehead atoms. The normalized spacial score (nSPS) is 12.6. The summed E-state index contributed by atoms with van der Waals surface area (Å²) in [7, 11) is 0. The van der Waals surface area contributed by atoms with Crippen LogP contribution in [0, 0.1) is 3.57 Å². The molecule has 0 radical (unpaired) electrons. The van der Waals surface area contributed by atoms with Gasteiger partial charge in [0.05, 0.1) is 11.4 Å². The molecule has 1 unspecified atom stereocenters. The van der Waals surface area contributed by atoms with Crippen LogP contribution in [0.25, 0.3) is 0 Å². The number of benzene rings is 1. The van der Waals surface area contributed by atoms with Crippen molar-refractivity contribution in [1.82, 2.24) is 0 Å². The Labute approximate surface area is 105 Å². The van der Waals surface area contributed by atoms with Crippen LogP contribution in [0.5, 0.6) is 0 Å². The lowest BCUT2D eigenvalue weighted by Crippen LogP contribution is -2.13. The summed E-state index contributed by atoms with van der Waals surface area (Å²) in [5.74, 6) is 0.00701. The number of carbonyl (C=O) groups is 1. The quantitative estimate of drug-likeness (QED) is 0.506. The number of hydrogen-bond acceptors (Lipinski definition) is 2. The summed E-state index contributed by atoms with van der Waals surface area (Å²) >= 11 is 5.38. The van der Waals surface area contributed by atoms with Gasteiger partial charge in [-0.3, -0.25) is 4.79 Å². The van der Waals surface area contributed by atoms with Gasteiger partial charge in [0.15, 0.2) is 5.78 Å². The zero-order chi connectivity index (χ0) is 10.7. The van der Waals surface area contributed by atoms with Gasteiger partial charge < -0.3 is 5.11 Å². The summed E-state index contributed by atoms with van der Waals surface area (Å²) in [5.41, 5.74) is 1.28. The van der Waals surface area contributed by atoms with E-state index in [9.17, 15) is 4.79 Å². The lowest BCUT2D eigenvalue weighted by atomic mass is 10.0. The summed E-state index contributed by atoms with van der Waals surface area (Å²) in [4.78, 5) is 11.5. The van der Waals surface area contributed by atoms with E-state index in [1.54, 1.807) is 19.1 Å². The minimum atomic E-state index is -0.217. The average molecular weight is 369 g/mol. The maximum atomic E-state index is 11.7. The molecular formula is C10H10BrIO2. The van der Waals surface area contributed by atoms with Gasteiger partial charge in [0.2, 0.25) is 0 Å². The minimum Gasteiger partial charge on any atom is -0.392 e. The molecule has 2 nitrogen and oxygen atoms in total. The van der Waals surface area contributed by atoms with Crippen molar-refractivity contribution in [3.05, 3.63) is 32.9 Å². The molecule has 0 amide bonds. The maximum absolute atomic E-state index is 11.7. The molecule has 0 aliphatic rings. The highest BCUT2D eigenvalue weighted by atomic mass is 127. The van der Waals surface area contributed by atoms with Gasteiger partial charge in [-0.25, -0.2) is 0 Å². The van der Waals surface area contributed by atoms with E-state index >= 15 is 0 Å². The molecule has 0 heterocycles. The van der Waals surface area contributed by atoms with E-state index in [1.165, 1.54) is 0 Å². The maximum Gasteiger partial charge on any atom is 0.176 e. The van der Waals surface area contributed by atoms with Crippen molar-refractivity contribution in [3.8, 4) is 0 Å². The van der Waals surface area contributed by atoms with Crippen LogP contribution in [0.1, 0.15) is 22.8 Å². The first-order chi connectivity index (χ1) is 6.56. The van der Waals surface area contributed by atoms with E-state index in [-0.39, 0.29) is 17.2 Å². The van der Waals surface area contributed by atoms with Gasteiger partial charge in [0.25, 0.3) is 0 Å². The molecule has 0 saturated carbocycles. The molecule has 14 heavy (non-hydrogen) atoms. The van der Waals surface area contributed by atoms with E-state index in [0.29, 0.717) is 11.1 Å². The molecule has 0 spiro atoms. The number of halogens is 2. The molecule has 0 fully saturated rings. The van der Waals surface area contributed by atoms with Crippen LogP contribution in [0.15, 0.2) is 18.2 Å². The predicted molar refractivity (Wildman–Crippen MR) is 67.8 cm³/mol. The fraction of sp³-hybridized carbons (Fsp3) is 0.300. The second kappa shape index (κ2) is 5.23. The number of alkyl halides is 1. The Morgan fingerprint density at radius 1 is 1.64 bits per heavy atom. The molecule has 1 aromatic rings. The number of hydrogen-bond donors (Lipinski definition) is 1. The third-order valence-electron chi connectivity index (χ3n) is 1.87. The van der Waals surface area contributed by atoms with Crippen molar-refractivity contribution in [1.29, 1.82) is 0 Å². The van der Waals surface area contributed by atoms with Crippen molar-refractivity contribution in [3.63, 3.8) is 0 Å². The molecule has 76 valence electrons. The van der Waals surface area contributed by atoms with Crippen LogP contribution in [0.2, 0.25) is 0 Å². The van der Waals surface area contributed by atoms with Crippen molar-refractivity contribution < 1.29 is 9.90 Å². The molecule has 0 aliphatic heterocycles. The fourth-order valence-corrected chi connectivity index (χ4v) is 1.87. The third kappa shape index (κ3) is 2.77. The van der Waals surface area contributed by atoms with Gasteiger partial charge in [-0.15, -0.1) is 0 Å². The average Bonchev–Trinajstić information content (AvgIpc) is 2.16. The highest BCUT2D eigenvalue weighted by Gasteiger charge is 2.15. The molecule has 0 aliphatic carbocycles. The summed E-state index contributed by atoms with van der Waals surface area (Å²) < 4.78 is 0.997. The first-order valence-corrected chi connectivity index (χ1v) is 6.13. The Morgan fingerprint density at radius 3 is 2.79 bits per heavy atom. The van der Waals surface area contributed by atoms with Crippen LogP contribution < -0.4 is 0 Å². The number of aliphatic hydroxyl groups is 1. The predicted octanol–water partition coefficient (Wildman–Crippen LogP) is 2.75. The van der Waals surface area contributed by atoms with Crippen LogP contribution >= 0.6 is 38.5 Å². The van der Waals surface area contributed by atoms with Crippen LogP contribution in [0.3, 0.4) is 0 Å². The van der Waals surface area contributed by atoms with Gasteiger partial charge in [0, 0.05) is 9.13 Å². The van der Waals surface area contributed by atoms with Crippen molar-refractivity contribution >= 4 is 44.3 Å². The van der Waals surface area contributed by atoms with E-state index < -0.39 is 0 Å². The SMILES string of the molecule is CC(Br)C(=O)c1cc(I)ccc1CO. The number of ketones is 1. The monoisotopic (exact) mass is 368 g/mol. The molecule has 1 N–H and O–H groups in total. The Kier molecular flexibility index (Phi) is 4.53. The largest absolute Gasteiger partial charge is 0.392 e. The lowest BCUT2D eigenvalue weighted by molar-refractivity contribution is 0.0993. The van der Waals surface area contributed by atoms with Gasteiger partial charge in [-0.05, 0) is 47.2 Å². The van der Waals surface area contributed by atoms with Gasteiger partial charge in [-0.1, -0.05) is 22.0 Å². The first kappa shape index (κ1) is 12.1. The lowest BCUT2D eigenvalue weighted by Gasteiger charge is -2.08. The molecule has 0 saturated heterocycles. The molecule has 1 rings (SSSR count). The summed E-state index contributed by atoms with van der Waals surface area (Å²) in [5, 5.41) is 9.07. The summed E-state index contributed by atoms with van der Waals surface area (Å²) in [6, 6.07) is 5.46. The van der Waals surface area contributed by atoms with E-state index in [4.69, 9.17) is 5.11 Å². The Balaban J connectivity index is 3.17. The van der Waals surface area contributed by atoms with Gasteiger partial charge >= 0.3 is 0 Å². The topological polar surface area (TPSA) is 37.3 Å². The Morgan fingerprint density at radius 2 is 2.29 bits per heavy atom. The summed E-state index contributed by atoms with van der Waals surface area (Å²) in [6.45, 7) is 1.68. The van der Waals surface area contributed by atoms with Gasteiger partial charge in [0.1, 0.15) is 0 Å². The zero-order valence-corrected chi connectivity index (χ0v) is 11.4. The van der Waals surface area contributed by atoms with Crippen LogP contribution in [-0.4, -0.2) is 15.7 Å². The fourth-order valence-electron chi connectivity index (χ4n) is 1.13. The van der Waals surface area contributed by atoms with Crippen LogP contribution in [-0.2, 0) is 6.61 Å². The van der Waals surface area contributed by atoms with Crippen LogP contribution in [0.4, 0.5) is 0 Å². The zero-order valence-electron chi connectivity index (χ0n) is 7.63. The minimum absolute atomic E-state index is 0.00701. The molecule has 0 aromatic heterocycles. The first-order valence-electron chi connectivity index (χ1n) is 4.14. The molecular weight excluding hydrogens is 359 g/mol. The smallest absolute Gasteiger partial charge is 0.176 e. The van der Waals surface area contributed by atoms with E-state index in [0.717, 1.165) is 3.57 Å². The molecule has 4 heteroatoms. The highest BCUT2D eigenvalue weighted by Crippen LogP contribution is 2.18. The van der Waals surface area contributed by atoms with Crippen molar-refractivity contribution in [2.45, 2.75) is 18.4 Å². The molecule has 1 aromatic carbocycles. The number of rotatable bonds is 3. The van der Waals surface area contributed by atoms with E-state index in [1.807, 2.05) is 6.07 Å². The summed E-state index contributed by atoms with van der Waals surface area (Å²) in [6.07, 6.45) is 0. The highest BCUT2D eigenvalue weighted by molar-refractivity contribution is 14.1. The molecule has 1 atom stereocenters. The Bertz CT molecular complexity index is 350. The number of Topliss-reactive ketones (excluding diaryl/α,β-unsaturated/α-hetero) is 1. The van der Waals surface area contributed by atoms with Crippen molar-refractivity contribution in [2.75, 3.05) is 0 Å². The Hall–Kier alpha value is 0.0600. The van der Waals surface area contributed by atoms with Crippen molar-refractivity contribution in [2.24, 2.45) is 0 Å². The van der Waals surface area contributed by atoms with E-state index in [2.05, 4.69) is 38.5 Å². The number of aliphatic hydroxyl groups excluding tert-OH is 1. The standard InChI is InChI=1S/C10H10BrIO2/c1-6(11)10(14)9-4-8(12)3-2-7(9)5-13/h2-4,6,13H,5H2,1H3. The van der Waals surface area contributed by atoms with Gasteiger partial charge in [-0.2, -0.15) is 0 Å². The second-order valence-electron chi connectivity index (χ2n) is 2.94. The number of carbonyl (C=O) groups excluding carboxylic acids is 1. The second-order valence-corrected chi connectivity index (χ2v) is 5.56. The third-order valence-corrected chi connectivity index (χ3v) is 2.96.